The molecule has 0 unspecified atom stereocenters. The topological polar surface area (TPSA) is 46.9 Å². The molecule has 2 aromatic carbocycles. The van der Waals surface area contributed by atoms with E-state index in [1.54, 1.807) is 0 Å². The van der Waals surface area contributed by atoms with E-state index in [0.29, 0.717) is 9.90 Å². The Balaban J connectivity index is 1.49. The highest BCUT2D eigenvalue weighted by Crippen LogP contribution is 2.30. The Morgan fingerprint density at radius 1 is 1.17 bits per heavy atom. The van der Waals surface area contributed by atoms with Crippen molar-refractivity contribution in [2.75, 3.05) is 0 Å². The molecule has 4 rings (SSSR count). The van der Waals surface area contributed by atoms with Gasteiger partial charge in [0.25, 0.3) is 5.91 Å². The number of nitrogens with zero attached hydrogens (tertiary/aromatic N) is 2. The fourth-order valence-corrected chi connectivity index (χ4v) is 4.52. The third kappa shape index (κ3) is 4.36. The number of carbonyl (C=O) groups is 1. The highest BCUT2D eigenvalue weighted by molar-refractivity contribution is 7.20. The maximum atomic E-state index is 12.8. The van der Waals surface area contributed by atoms with Crippen molar-refractivity contribution >= 4 is 39.1 Å². The van der Waals surface area contributed by atoms with Gasteiger partial charge in [-0.25, -0.2) is 4.68 Å². The Morgan fingerprint density at radius 2 is 1.90 bits per heavy atom. The molecular weight excluding hydrogens is 402 g/mol. The first-order valence-corrected chi connectivity index (χ1v) is 10.8. The molecule has 4 aromatic rings. The lowest BCUT2D eigenvalue weighted by Crippen LogP contribution is -2.32. The number of nitrogens with one attached hydrogen (secondary N) is 1. The van der Waals surface area contributed by atoms with Gasteiger partial charge in [0.2, 0.25) is 0 Å². The van der Waals surface area contributed by atoms with Gasteiger partial charge in [0, 0.05) is 16.5 Å². The van der Waals surface area contributed by atoms with Crippen molar-refractivity contribution in [1.82, 2.24) is 15.1 Å². The molecule has 1 atom stereocenters. The normalized spacial score (nSPS) is 12.2. The van der Waals surface area contributed by atoms with Crippen molar-refractivity contribution in [3.8, 4) is 5.69 Å². The van der Waals surface area contributed by atoms with Crippen molar-refractivity contribution in [3.63, 3.8) is 0 Å². The van der Waals surface area contributed by atoms with Crippen LogP contribution in [-0.2, 0) is 6.42 Å². The minimum absolute atomic E-state index is 0.0335. The van der Waals surface area contributed by atoms with Gasteiger partial charge in [0.1, 0.15) is 4.83 Å². The quantitative estimate of drug-likeness (QED) is 0.426. The van der Waals surface area contributed by atoms with Gasteiger partial charge < -0.3 is 5.32 Å². The minimum Gasteiger partial charge on any atom is -0.349 e. The molecule has 1 amide bonds. The lowest BCUT2D eigenvalue weighted by molar-refractivity contribution is 0.0942. The second-order valence-corrected chi connectivity index (χ2v) is 8.67. The van der Waals surface area contributed by atoms with Crippen LogP contribution in [0.2, 0.25) is 5.02 Å². The average Bonchev–Trinajstić information content (AvgIpc) is 3.29. The Kier molecular flexibility index (Phi) is 5.69. The molecule has 148 valence electrons. The van der Waals surface area contributed by atoms with Crippen molar-refractivity contribution in [1.29, 1.82) is 0 Å². The predicted molar refractivity (Wildman–Crippen MR) is 120 cm³/mol. The Labute approximate surface area is 179 Å². The molecule has 4 nitrogen and oxygen atoms in total. The molecular formula is C23H22ClN3OS. The molecule has 2 heterocycles. The number of fused-ring (bicyclic) bond motifs is 1. The fraction of sp³-hybridized carbons (Fsp3) is 0.217. The second kappa shape index (κ2) is 8.39. The monoisotopic (exact) mass is 423 g/mol. The Hall–Kier alpha value is -2.63. The SMILES string of the molecule is Cc1nn(-c2ccc(Cl)cc2)c2sc(C(=O)N[C@H](C)CCc3ccccc3)cc12. The summed E-state index contributed by atoms with van der Waals surface area (Å²) in [6.45, 7) is 4.01. The van der Waals surface area contributed by atoms with E-state index in [1.807, 2.05) is 60.1 Å². The van der Waals surface area contributed by atoms with E-state index < -0.39 is 0 Å². The summed E-state index contributed by atoms with van der Waals surface area (Å²) in [5, 5.41) is 9.45. The summed E-state index contributed by atoms with van der Waals surface area (Å²) in [6.07, 6.45) is 1.84. The van der Waals surface area contributed by atoms with Gasteiger partial charge in [-0.05, 0) is 62.6 Å². The molecule has 0 bridgehead atoms. The first-order valence-electron chi connectivity index (χ1n) is 9.61. The number of benzene rings is 2. The molecule has 2 aromatic heterocycles. The standard InChI is InChI=1S/C23H22ClN3OS/c1-15(8-9-17-6-4-3-5-7-17)25-22(28)21-14-20-16(2)26-27(23(20)29-21)19-12-10-18(24)11-13-19/h3-7,10-15H,8-9H2,1-2H3,(H,25,28)/t15-/m1/s1. The van der Waals surface area contributed by atoms with Crippen LogP contribution in [0.4, 0.5) is 0 Å². The van der Waals surface area contributed by atoms with Gasteiger partial charge in [0.15, 0.2) is 0 Å². The molecule has 6 heteroatoms. The third-order valence-electron chi connectivity index (χ3n) is 4.93. The first kappa shape index (κ1) is 19.7. The van der Waals surface area contributed by atoms with E-state index in [9.17, 15) is 4.79 Å². The summed E-state index contributed by atoms with van der Waals surface area (Å²) < 4.78 is 1.88. The largest absolute Gasteiger partial charge is 0.349 e. The molecule has 1 N–H and O–H groups in total. The molecule has 0 saturated heterocycles. The number of aryl methyl sites for hydroxylation is 2. The van der Waals surface area contributed by atoms with Crippen LogP contribution < -0.4 is 5.32 Å². The zero-order valence-corrected chi connectivity index (χ0v) is 17.9. The minimum atomic E-state index is -0.0335. The second-order valence-electron chi connectivity index (χ2n) is 7.20. The van der Waals surface area contributed by atoms with E-state index in [2.05, 4.69) is 29.5 Å². The Morgan fingerprint density at radius 3 is 2.62 bits per heavy atom. The number of carbonyl (C=O) groups excluding carboxylic acids is 1. The molecule has 0 radical (unpaired) electrons. The van der Waals surface area contributed by atoms with Crippen LogP contribution in [0.15, 0.2) is 60.7 Å². The van der Waals surface area contributed by atoms with Crippen LogP contribution >= 0.6 is 22.9 Å². The molecule has 0 fully saturated rings. The smallest absolute Gasteiger partial charge is 0.261 e. The summed E-state index contributed by atoms with van der Waals surface area (Å²) in [6, 6.07) is 19.9. The van der Waals surface area contributed by atoms with Gasteiger partial charge in [-0.2, -0.15) is 5.10 Å². The van der Waals surface area contributed by atoms with Crippen LogP contribution in [0.3, 0.4) is 0 Å². The third-order valence-corrected chi connectivity index (χ3v) is 6.29. The molecule has 29 heavy (non-hydrogen) atoms. The van der Waals surface area contributed by atoms with Crippen LogP contribution in [0.1, 0.15) is 34.3 Å². The molecule has 0 aliphatic carbocycles. The first-order chi connectivity index (χ1) is 14.0. The summed E-state index contributed by atoms with van der Waals surface area (Å²) >= 11 is 7.47. The number of amides is 1. The van der Waals surface area contributed by atoms with Gasteiger partial charge in [-0.3, -0.25) is 4.79 Å². The van der Waals surface area contributed by atoms with Gasteiger partial charge in [-0.15, -0.1) is 11.3 Å². The molecule has 0 saturated carbocycles. The number of hydrogen-bond donors (Lipinski definition) is 1. The van der Waals surface area contributed by atoms with E-state index in [1.165, 1.54) is 16.9 Å². The van der Waals surface area contributed by atoms with Crippen molar-refractivity contribution in [3.05, 3.63) is 81.8 Å². The maximum absolute atomic E-state index is 12.8. The van der Waals surface area contributed by atoms with Gasteiger partial charge in [0.05, 0.1) is 16.3 Å². The number of rotatable bonds is 6. The van der Waals surface area contributed by atoms with E-state index in [4.69, 9.17) is 11.6 Å². The zero-order valence-electron chi connectivity index (χ0n) is 16.4. The van der Waals surface area contributed by atoms with Crippen LogP contribution in [0, 0.1) is 6.92 Å². The lowest BCUT2D eigenvalue weighted by atomic mass is 10.1. The predicted octanol–water partition coefficient (Wildman–Crippen LogP) is 5.80. The van der Waals surface area contributed by atoms with Crippen molar-refractivity contribution in [2.45, 2.75) is 32.7 Å². The van der Waals surface area contributed by atoms with Crippen molar-refractivity contribution < 1.29 is 4.79 Å². The summed E-state index contributed by atoms with van der Waals surface area (Å²) in [4.78, 5) is 14.5. The van der Waals surface area contributed by atoms with Crippen LogP contribution in [0.25, 0.3) is 15.9 Å². The summed E-state index contributed by atoms with van der Waals surface area (Å²) in [7, 11) is 0. The molecule has 0 aliphatic heterocycles. The average molecular weight is 424 g/mol. The highest BCUT2D eigenvalue weighted by atomic mass is 35.5. The summed E-state index contributed by atoms with van der Waals surface area (Å²) in [5.74, 6) is -0.0335. The van der Waals surface area contributed by atoms with E-state index in [0.717, 1.165) is 34.4 Å². The van der Waals surface area contributed by atoms with E-state index >= 15 is 0 Å². The zero-order chi connectivity index (χ0) is 20.4. The number of thiophene rings is 1. The maximum Gasteiger partial charge on any atom is 0.261 e. The van der Waals surface area contributed by atoms with Gasteiger partial charge in [-0.1, -0.05) is 41.9 Å². The van der Waals surface area contributed by atoms with E-state index in [-0.39, 0.29) is 11.9 Å². The number of hydrogen-bond acceptors (Lipinski definition) is 3. The highest BCUT2D eigenvalue weighted by Gasteiger charge is 2.18. The molecule has 0 spiro atoms. The lowest BCUT2D eigenvalue weighted by Gasteiger charge is -2.13. The Bertz CT molecular complexity index is 1130. The van der Waals surface area contributed by atoms with Gasteiger partial charge >= 0.3 is 0 Å². The number of aromatic nitrogens is 2. The van der Waals surface area contributed by atoms with Crippen LogP contribution in [0.5, 0.6) is 0 Å². The number of halogens is 1. The fourth-order valence-electron chi connectivity index (χ4n) is 3.31. The van der Waals surface area contributed by atoms with Crippen LogP contribution in [-0.4, -0.2) is 21.7 Å². The van der Waals surface area contributed by atoms with Crippen molar-refractivity contribution in [2.24, 2.45) is 0 Å². The summed E-state index contributed by atoms with van der Waals surface area (Å²) in [5.41, 5.74) is 3.12. The molecule has 0 aliphatic rings.